The summed E-state index contributed by atoms with van der Waals surface area (Å²) < 4.78 is 12.3. The minimum absolute atomic E-state index is 0.0653. The molecule has 0 aliphatic heterocycles. The number of carbonyl (C=O) groups is 2. The van der Waals surface area contributed by atoms with Crippen LogP contribution in [0.5, 0.6) is 11.5 Å². The van der Waals surface area contributed by atoms with Gasteiger partial charge in [-0.15, -0.1) is 0 Å². The minimum Gasteiger partial charge on any atom is -0.497 e. The highest BCUT2D eigenvalue weighted by atomic mass is 79.9. The summed E-state index contributed by atoms with van der Waals surface area (Å²) in [5.41, 5.74) is 3.87. The number of halogens is 1. The fraction of sp³-hybridized carbons (Fsp3) is 0.333. The zero-order chi connectivity index (χ0) is 26.9. The maximum atomic E-state index is 13.7. The van der Waals surface area contributed by atoms with Crippen LogP contribution in [0.2, 0.25) is 0 Å². The summed E-state index contributed by atoms with van der Waals surface area (Å²) in [6.45, 7) is 7.82. The Morgan fingerprint density at radius 3 is 2.19 bits per heavy atom. The van der Waals surface area contributed by atoms with Crippen LogP contribution >= 0.6 is 15.9 Å². The fourth-order valence-electron chi connectivity index (χ4n) is 4.12. The van der Waals surface area contributed by atoms with Gasteiger partial charge in [-0.25, -0.2) is 0 Å². The van der Waals surface area contributed by atoms with Gasteiger partial charge in [-0.05, 0) is 74.2 Å². The molecule has 1 atom stereocenters. The first kappa shape index (κ1) is 28.3. The van der Waals surface area contributed by atoms with E-state index < -0.39 is 6.04 Å². The highest BCUT2D eigenvalue weighted by Crippen LogP contribution is 2.26. The predicted octanol–water partition coefficient (Wildman–Crippen LogP) is 5.62. The number of hydrogen-bond donors (Lipinski definition) is 1. The Morgan fingerprint density at radius 2 is 1.57 bits per heavy atom. The topological polar surface area (TPSA) is 67.9 Å². The molecule has 0 bridgehead atoms. The van der Waals surface area contributed by atoms with E-state index in [4.69, 9.17) is 9.47 Å². The van der Waals surface area contributed by atoms with Crippen molar-refractivity contribution in [1.82, 2.24) is 10.2 Å². The van der Waals surface area contributed by atoms with Crippen molar-refractivity contribution >= 4 is 27.7 Å². The van der Waals surface area contributed by atoms with Gasteiger partial charge >= 0.3 is 0 Å². The molecule has 3 aromatic rings. The van der Waals surface area contributed by atoms with E-state index in [0.717, 1.165) is 26.7 Å². The molecule has 3 rings (SSSR count). The SMILES string of the molecule is COc1cccc(CN(C(=O)COc2cc(C)c(Br)c(C)c2)C(Cc2ccccc2)C(=O)NC(C)C)c1. The van der Waals surface area contributed by atoms with E-state index in [1.54, 1.807) is 12.0 Å². The van der Waals surface area contributed by atoms with Crippen molar-refractivity contribution < 1.29 is 19.1 Å². The van der Waals surface area contributed by atoms with Crippen LogP contribution in [-0.2, 0) is 22.6 Å². The Hall–Kier alpha value is -3.32. The monoisotopic (exact) mass is 566 g/mol. The maximum absolute atomic E-state index is 13.7. The molecule has 0 radical (unpaired) electrons. The summed E-state index contributed by atoms with van der Waals surface area (Å²) in [6.07, 6.45) is 0.381. The molecule has 0 aliphatic rings. The molecule has 0 heterocycles. The van der Waals surface area contributed by atoms with Crippen molar-refractivity contribution in [1.29, 1.82) is 0 Å². The highest BCUT2D eigenvalue weighted by molar-refractivity contribution is 9.10. The van der Waals surface area contributed by atoms with Crippen LogP contribution in [-0.4, -0.2) is 42.5 Å². The zero-order valence-corrected chi connectivity index (χ0v) is 23.7. The molecule has 1 N–H and O–H groups in total. The van der Waals surface area contributed by atoms with Crippen LogP contribution in [0.1, 0.15) is 36.1 Å². The molecule has 196 valence electrons. The maximum Gasteiger partial charge on any atom is 0.261 e. The summed E-state index contributed by atoms with van der Waals surface area (Å²) in [5.74, 6) is 0.818. The normalized spacial score (nSPS) is 11.6. The summed E-state index contributed by atoms with van der Waals surface area (Å²) in [5, 5.41) is 3.00. The lowest BCUT2D eigenvalue weighted by atomic mass is 10.0. The number of amides is 2. The van der Waals surface area contributed by atoms with Crippen molar-refractivity contribution in [3.05, 3.63) is 93.5 Å². The Morgan fingerprint density at radius 1 is 0.919 bits per heavy atom. The van der Waals surface area contributed by atoms with Gasteiger partial charge in [0.1, 0.15) is 17.5 Å². The number of hydrogen-bond acceptors (Lipinski definition) is 4. The van der Waals surface area contributed by atoms with E-state index in [1.165, 1.54) is 0 Å². The molecule has 0 fully saturated rings. The van der Waals surface area contributed by atoms with Gasteiger partial charge in [-0.3, -0.25) is 9.59 Å². The summed E-state index contributed by atoms with van der Waals surface area (Å²) in [4.78, 5) is 28.8. The van der Waals surface area contributed by atoms with Gasteiger partial charge in [0, 0.05) is 23.5 Å². The average Bonchev–Trinajstić information content (AvgIpc) is 2.88. The van der Waals surface area contributed by atoms with Crippen LogP contribution in [0.3, 0.4) is 0 Å². The number of ether oxygens (including phenoxy) is 2. The number of carbonyl (C=O) groups excluding carboxylic acids is 2. The number of methoxy groups -OCH3 is 1. The number of nitrogens with one attached hydrogen (secondary N) is 1. The molecular formula is C30H35BrN2O4. The van der Waals surface area contributed by atoms with Gasteiger partial charge in [-0.2, -0.15) is 0 Å². The first-order valence-corrected chi connectivity index (χ1v) is 13.1. The Bertz CT molecular complexity index is 1190. The lowest BCUT2D eigenvalue weighted by Crippen LogP contribution is -2.52. The molecule has 7 heteroatoms. The van der Waals surface area contributed by atoms with Gasteiger partial charge in [0.15, 0.2) is 6.61 Å². The lowest BCUT2D eigenvalue weighted by molar-refractivity contribution is -0.143. The molecule has 0 saturated carbocycles. The van der Waals surface area contributed by atoms with Gasteiger partial charge in [0.2, 0.25) is 5.91 Å². The molecule has 0 saturated heterocycles. The lowest BCUT2D eigenvalue weighted by Gasteiger charge is -2.32. The molecule has 0 aliphatic carbocycles. The molecule has 3 aromatic carbocycles. The van der Waals surface area contributed by atoms with E-state index >= 15 is 0 Å². The molecular weight excluding hydrogens is 532 g/mol. The summed E-state index contributed by atoms with van der Waals surface area (Å²) >= 11 is 3.57. The highest BCUT2D eigenvalue weighted by Gasteiger charge is 2.31. The summed E-state index contributed by atoms with van der Waals surface area (Å²) in [7, 11) is 1.60. The number of rotatable bonds is 11. The third-order valence-electron chi connectivity index (χ3n) is 5.96. The van der Waals surface area contributed by atoms with E-state index in [0.29, 0.717) is 17.9 Å². The molecule has 6 nitrogen and oxygen atoms in total. The number of aryl methyl sites for hydroxylation is 2. The van der Waals surface area contributed by atoms with E-state index in [9.17, 15) is 9.59 Å². The third kappa shape index (κ3) is 8.09. The van der Waals surface area contributed by atoms with Crippen LogP contribution in [0.25, 0.3) is 0 Å². The van der Waals surface area contributed by atoms with Gasteiger partial charge in [-0.1, -0.05) is 58.4 Å². The van der Waals surface area contributed by atoms with Crippen LogP contribution in [0.4, 0.5) is 0 Å². The van der Waals surface area contributed by atoms with Crippen LogP contribution in [0.15, 0.2) is 71.2 Å². The smallest absolute Gasteiger partial charge is 0.261 e. The molecule has 1 unspecified atom stereocenters. The third-order valence-corrected chi connectivity index (χ3v) is 7.21. The minimum atomic E-state index is -0.722. The molecule has 0 aromatic heterocycles. The van der Waals surface area contributed by atoms with Gasteiger partial charge in [0.25, 0.3) is 5.91 Å². The van der Waals surface area contributed by atoms with E-state index in [2.05, 4.69) is 21.2 Å². The quantitative estimate of drug-likeness (QED) is 0.327. The molecule has 37 heavy (non-hydrogen) atoms. The zero-order valence-electron chi connectivity index (χ0n) is 22.1. The first-order valence-electron chi connectivity index (χ1n) is 12.3. The number of nitrogens with zero attached hydrogens (tertiary/aromatic N) is 1. The van der Waals surface area contributed by atoms with Crippen molar-refractivity contribution in [2.75, 3.05) is 13.7 Å². The average molecular weight is 568 g/mol. The van der Waals surface area contributed by atoms with Gasteiger partial charge in [0.05, 0.1) is 7.11 Å². The van der Waals surface area contributed by atoms with E-state index in [1.807, 2.05) is 94.4 Å². The van der Waals surface area contributed by atoms with Crippen molar-refractivity contribution in [3.63, 3.8) is 0 Å². The Kier molecular flexibility index (Phi) is 10.1. The Labute approximate surface area is 228 Å². The van der Waals surface area contributed by atoms with Crippen molar-refractivity contribution in [2.24, 2.45) is 0 Å². The molecule has 2 amide bonds. The first-order chi connectivity index (χ1) is 17.7. The second-order valence-electron chi connectivity index (χ2n) is 9.40. The van der Waals surface area contributed by atoms with Gasteiger partial charge < -0.3 is 19.7 Å². The molecule has 0 spiro atoms. The summed E-state index contributed by atoms with van der Waals surface area (Å²) in [6, 6.07) is 20.3. The van der Waals surface area contributed by atoms with Crippen LogP contribution in [0, 0.1) is 13.8 Å². The fourth-order valence-corrected chi connectivity index (χ4v) is 4.35. The van der Waals surface area contributed by atoms with E-state index in [-0.39, 0.29) is 31.0 Å². The second-order valence-corrected chi connectivity index (χ2v) is 10.2. The van der Waals surface area contributed by atoms with Crippen LogP contribution < -0.4 is 14.8 Å². The Balaban J connectivity index is 1.94. The largest absolute Gasteiger partial charge is 0.497 e. The van der Waals surface area contributed by atoms with Crippen molar-refractivity contribution in [3.8, 4) is 11.5 Å². The standard InChI is InChI=1S/C30H35BrN2O4/c1-20(2)32-30(35)27(17-23-10-7-6-8-11-23)33(18-24-12-9-13-25(16-24)36-5)28(34)19-37-26-14-21(3)29(31)22(4)15-26/h6-16,20,27H,17-19H2,1-5H3,(H,32,35). The second kappa shape index (κ2) is 13.3. The van der Waals surface area contributed by atoms with Crippen molar-refractivity contribution in [2.45, 2.75) is 52.7 Å². The number of benzene rings is 3. The predicted molar refractivity (Wildman–Crippen MR) is 150 cm³/mol.